The highest BCUT2D eigenvalue weighted by Crippen LogP contribution is 2.34. The number of piperazine rings is 1. The molecule has 2 heterocycles. The summed E-state index contributed by atoms with van der Waals surface area (Å²) in [7, 11) is -0.537. The number of furan rings is 1. The summed E-state index contributed by atoms with van der Waals surface area (Å²) in [6.45, 7) is 3.72. The molecule has 1 aliphatic heterocycles. The molecule has 0 radical (unpaired) electrons. The maximum atomic E-state index is 13.5. The molecule has 1 aliphatic rings. The molecule has 14 heteroatoms. The number of carbonyl (C=O) groups is 1. The fraction of sp³-hybridized carbons (Fsp3) is 0.250. The average Bonchev–Trinajstić information content (AvgIpc) is 3.67. The van der Waals surface area contributed by atoms with E-state index in [0.717, 1.165) is 64.0 Å². The molecular formula is C44H46N6O6S2. The predicted molar refractivity (Wildman–Crippen MR) is 230 cm³/mol. The molecule has 1 fully saturated rings. The van der Waals surface area contributed by atoms with Gasteiger partial charge in [0.25, 0.3) is 21.6 Å². The number of benzene rings is 5. The van der Waals surface area contributed by atoms with Crippen molar-refractivity contribution in [1.29, 1.82) is 0 Å². The Morgan fingerprint density at radius 2 is 1.71 bits per heavy atom. The molecule has 0 bridgehead atoms. The van der Waals surface area contributed by atoms with E-state index in [1.807, 2.05) is 97.9 Å². The molecule has 12 nitrogen and oxygen atoms in total. The van der Waals surface area contributed by atoms with E-state index in [9.17, 15) is 23.3 Å². The molecular weight excluding hydrogens is 773 g/mol. The lowest BCUT2D eigenvalue weighted by molar-refractivity contribution is -0.384. The quantitative estimate of drug-likeness (QED) is 0.0499. The number of hydrogen-bond donors (Lipinski definition) is 3. The summed E-state index contributed by atoms with van der Waals surface area (Å²) >= 11 is 1.63. The van der Waals surface area contributed by atoms with E-state index in [2.05, 4.69) is 38.5 Å². The number of hydrogen-bond acceptors (Lipinski definition) is 11. The van der Waals surface area contributed by atoms with E-state index in [-0.39, 0.29) is 28.2 Å². The third-order valence-electron chi connectivity index (χ3n) is 10.2. The summed E-state index contributed by atoms with van der Waals surface area (Å²) < 4.78 is 35.3. The lowest BCUT2D eigenvalue weighted by Gasteiger charge is -2.37. The van der Waals surface area contributed by atoms with Gasteiger partial charge >= 0.3 is 0 Å². The predicted octanol–water partition coefficient (Wildman–Crippen LogP) is 7.80. The fourth-order valence-corrected chi connectivity index (χ4v) is 9.08. The van der Waals surface area contributed by atoms with E-state index in [0.29, 0.717) is 25.3 Å². The van der Waals surface area contributed by atoms with Crippen molar-refractivity contribution in [2.24, 2.45) is 0 Å². The first kappa shape index (κ1) is 40.7. The number of para-hydroxylation sites is 1. The molecule has 0 aliphatic carbocycles. The molecule has 1 amide bonds. The molecule has 58 heavy (non-hydrogen) atoms. The van der Waals surface area contributed by atoms with Crippen LogP contribution in [0.4, 0.5) is 11.4 Å². The number of fused-ring (bicyclic) bond motifs is 1. The van der Waals surface area contributed by atoms with Crippen LogP contribution < -0.4 is 15.4 Å². The van der Waals surface area contributed by atoms with Gasteiger partial charge in [-0.05, 0) is 86.7 Å². The molecule has 1 saturated heterocycles. The number of thioether (sulfide) groups is 1. The standard InChI is InChI=1S/C44H46N6O6S2/c1-48(2)24-22-35(30-57-36-12-4-3-5-13-36)46-39-21-20-37(27-40(39)50(52)53)58(54,55)47-44(51)32-18-16-31(17-19-32)41-28-45-23-25-49(41)29-34-11-6-8-14-38(34)43-26-33-10-7-9-15-42(33)56-43/h3-21,26-27,35,41,45-46H,22-25,28-30H2,1-2H3,(H,47,51)/t35-,41?/m1/s1. The number of sulfonamides is 1. The Balaban J connectivity index is 1.03. The van der Waals surface area contributed by atoms with E-state index < -0.39 is 26.5 Å². The average molecular weight is 819 g/mol. The van der Waals surface area contributed by atoms with Crippen molar-refractivity contribution < 1.29 is 22.6 Å². The Kier molecular flexibility index (Phi) is 12.9. The monoisotopic (exact) mass is 818 g/mol. The van der Waals surface area contributed by atoms with Gasteiger partial charge in [0.1, 0.15) is 17.0 Å². The summed E-state index contributed by atoms with van der Waals surface area (Å²) in [4.78, 5) is 30.1. The molecule has 0 saturated carbocycles. The van der Waals surface area contributed by atoms with Gasteiger partial charge in [-0.1, -0.05) is 72.8 Å². The summed E-state index contributed by atoms with van der Waals surface area (Å²) in [6, 6.07) is 38.5. The van der Waals surface area contributed by atoms with E-state index in [1.165, 1.54) is 12.1 Å². The zero-order chi connectivity index (χ0) is 40.6. The van der Waals surface area contributed by atoms with E-state index >= 15 is 0 Å². The maximum absolute atomic E-state index is 13.5. The van der Waals surface area contributed by atoms with E-state index in [1.54, 1.807) is 23.9 Å². The van der Waals surface area contributed by atoms with Gasteiger partial charge in [0.05, 0.1) is 9.82 Å². The van der Waals surface area contributed by atoms with Crippen LogP contribution in [0.1, 0.15) is 33.9 Å². The molecule has 1 aromatic heterocycles. The fourth-order valence-electron chi connectivity index (χ4n) is 7.09. The molecule has 6 aromatic rings. The van der Waals surface area contributed by atoms with Crippen molar-refractivity contribution in [3.05, 3.63) is 154 Å². The van der Waals surface area contributed by atoms with Crippen LogP contribution in [-0.2, 0) is 16.6 Å². The molecule has 3 N–H and O–H groups in total. The lowest BCUT2D eigenvalue weighted by Crippen LogP contribution is -2.45. The highest BCUT2D eigenvalue weighted by atomic mass is 32.2. The van der Waals surface area contributed by atoms with Gasteiger partial charge in [-0.15, -0.1) is 11.8 Å². The smallest absolute Gasteiger partial charge is 0.293 e. The highest BCUT2D eigenvalue weighted by Gasteiger charge is 2.28. The highest BCUT2D eigenvalue weighted by molar-refractivity contribution is 7.99. The van der Waals surface area contributed by atoms with Crippen LogP contribution in [-0.4, -0.2) is 81.1 Å². The summed E-state index contributed by atoms with van der Waals surface area (Å²) in [5.74, 6) is 0.613. The summed E-state index contributed by atoms with van der Waals surface area (Å²) in [5, 5.41) is 20.0. The number of nitro groups is 1. The van der Waals surface area contributed by atoms with Gasteiger partial charge in [-0.3, -0.25) is 19.8 Å². The Bertz CT molecular complexity index is 2440. The van der Waals surface area contributed by atoms with Gasteiger partial charge in [0, 0.05) is 71.5 Å². The zero-order valence-electron chi connectivity index (χ0n) is 32.3. The van der Waals surface area contributed by atoms with Crippen LogP contribution in [0.5, 0.6) is 0 Å². The maximum Gasteiger partial charge on any atom is 0.293 e. The SMILES string of the molecule is CN(C)CC[C@H](CSc1ccccc1)Nc1ccc(S(=O)(=O)NC(=O)c2ccc(C3CNCCN3Cc3ccccc3-c3cc4ccccc4o3)cc2)cc1[N+](=O)[O-]. The van der Waals surface area contributed by atoms with Crippen molar-refractivity contribution in [3.63, 3.8) is 0 Å². The first-order chi connectivity index (χ1) is 28.0. The Morgan fingerprint density at radius 3 is 2.47 bits per heavy atom. The first-order valence-corrected chi connectivity index (χ1v) is 21.6. The minimum Gasteiger partial charge on any atom is -0.456 e. The van der Waals surface area contributed by atoms with Crippen LogP contribution >= 0.6 is 11.8 Å². The van der Waals surface area contributed by atoms with Crippen molar-refractivity contribution in [2.45, 2.75) is 34.8 Å². The van der Waals surface area contributed by atoms with Crippen LogP contribution in [0.25, 0.3) is 22.3 Å². The topological polar surface area (TPSA) is 150 Å². The minimum atomic E-state index is -4.45. The normalized spacial score (nSPS) is 15.3. The van der Waals surface area contributed by atoms with Crippen LogP contribution in [0, 0.1) is 10.1 Å². The van der Waals surface area contributed by atoms with Crippen molar-refractivity contribution in [3.8, 4) is 11.3 Å². The number of anilines is 1. The van der Waals surface area contributed by atoms with Gasteiger partial charge in [0.15, 0.2) is 0 Å². The molecule has 2 atom stereocenters. The third-order valence-corrected chi connectivity index (χ3v) is 12.7. The second-order valence-electron chi connectivity index (χ2n) is 14.5. The lowest BCUT2D eigenvalue weighted by atomic mass is 9.99. The van der Waals surface area contributed by atoms with Gasteiger partial charge in [0.2, 0.25) is 0 Å². The van der Waals surface area contributed by atoms with Crippen LogP contribution in [0.2, 0.25) is 0 Å². The Hall–Kier alpha value is -5.51. The minimum absolute atomic E-state index is 0.00888. The van der Waals surface area contributed by atoms with Gasteiger partial charge < -0.3 is 20.0 Å². The number of nitrogens with one attached hydrogen (secondary N) is 3. The molecule has 7 rings (SSSR count). The van der Waals surface area contributed by atoms with Crippen molar-refractivity contribution in [1.82, 2.24) is 19.8 Å². The van der Waals surface area contributed by atoms with Gasteiger partial charge in [-0.25, -0.2) is 13.1 Å². The number of amides is 1. The molecule has 300 valence electrons. The number of rotatable bonds is 16. The molecule has 1 unspecified atom stereocenters. The summed E-state index contributed by atoms with van der Waals surface area (Å²) in [6.07, 6.45) is 0.700. The van der Waals surface area contributed by atoms with Crippen molar-refractivity contribution in [2.75, 3.05) is 51.3 Å². The summed E-state index contributed by atoms with van der Waals surface area (Å²) in [5.41, 5.74) is 3.92. The van der Waals surface area contributed by atoms with Crippen molar-refractivity contribution >= 4 is 50.0 Å². The largest absolute Gasteiger partial charge is 0.456 e. The third kappa shape index (κ3) is 9.95. The Morgan fingerprint density at radius 1 is 0.966 bits per heavy atom. The van der Waals surface area contributed by atoms with Gasteiger partial charge in [-0.2, -0.15) is 0 Å². The van der Waals surface area contributed by atoms with E-state index in [4.69, 9.17) is 4.42 Å². The number of carbonyl (C=O) groups excluding carboxylic acids is 1. The van der Waals surface area contributed by atoms with Crippen LogP contribution in [0.15, 0.2) is 142 Å². The second-order valence-corrected chi connectivity index (χ2v) is 17.3. The second kappa shape index (κ2) is 18.4. The molecule has 0 spiro atoms. The first-order valence-electron chi connectivity index (χ1n) is 19.1. The number of nitrogens with zero attached hydrogens (tertiary/aromatic N) is 3. The van der Waals surface area contributed by atoms with Crippen LogP contribution in [0.3, 0.4) is 0 Å². The molecule has 5 aromatic carbocycles. The number of nitro benzene ring substituents is 1. The Labute approximate surface area is 342 Å². The zero-order valence-corrected chi connectivity index (χ0v) is 34.0.